The normalized spacial score (nSPS) is 22.3. The average molecular weight is 208 g/mol. The molecule has 1 saturated heterocycles. The summed E-state index contributed by atoms with van der Waals surface area (Å²) in [5.41, 5.74) is 3.55. The zero-order valence-electron chi connectivity index (χ0n) is 10.0. The Kier molecular flexibility index (Phi) is 2.69. The summed E-state index contributed by atoms with van der Waals surface area (Å²) in [7, 11) is 4.17. The number of hydrogen-bond donors (Lipinski definition) is 1. The minimum atomic E-state index is 0.580. The van der Waals surface area contributed by atoms with E-state index in [0.29, 0.717) is 6.04 Å². The van der Waals surface area contributed by atoms with Gasteiger partial charge in [0.2, 0.25) is 0 Å². The molecule has 1 fully saturated rings. The number of aromatic nitrogens is 2. The summed E-state index contributed by atoms with van der Waals surface area (Å²) in [5, 5.41) is 8.02. The van der Waals surface area contributed by atoms with E-state index < -0.39 is 0 Å². The third kappa shape index (κ3) is 2.00. The van der Waals surface area contributed by atoms with Crippen molar-refractivity contribution in [2.75, 3.05) is 25.5 Å². The van der Waals surface area contributed by atoms with E-state index in [0.717, 1.165) is 12.2 Å². The van der Waals surface area contributed by atoms with Gasteiger partial charge in [0.1, 0.15) is 0 Å². The molecule has 1 aliphatic heterocycles. The molecule has 0 radical (unpaired) electrons. The molecule has 1 unspecified atom stereocenters. The van der Waals surface area contributed by atoms with Crippen molar-refractivity contribution >= 4 is 5.69 Å². The van der Waals surface area contributed by atoms with Crippen LogP contribution in [0, 0.1) is 13.8 Å². The molecule has 4 heteroatoms. The standard InChI is InChI=1S/C11H20N4/c1-8-11(9(2)15(4)13-8)12-10-5-6-14(3)7-10/h10,12H,5-7H2,1-4H3. The van der Waals surface area contributed by atoms with Crippen LogP contribution in [0.5, 0.6) is 0 Å². The number of anilines is 1. The first-order valence-corrected chi connectivity index (χ1v) is 5.53. The minimum absolute atomic E-state index is 0.580. The van der Waals surface area contributed by atoms with Crippen LogP contribution in [0.1, 0.15) is 17.8 Å². The van der Waals surface area contributed by atoms with Crippen LogP contribution in [-0.4, -0.2) is 40.9 Å². The van der Waals surface area contributed by atoms with Crippen molar-refractivity contribution in [3.8, 4) is 0 Å². The van der Waals surface area contributed by atoms with E-state index in [4.69, 9.17) is 0 Å². The molecule has 0 aliphatic carbocycles. The van der Waals surface area contributed by atoms with Crippen molar-refractivity contribution in [2.24, 2.45) is 7.05 Å². The monoisotopic (exact) mass is 208 g/mol. The topological polar surface area (TPSA) is 33.1 Å². The molecule has 2 rings (SSSR count). The SMILES string of the molecule is Cc1nn(C)c(C)c1NC1CCN(C)C1. The summed E-state index contributed by atoms with van der Waals surface area (Å²) in [4.78, 5) is 2.36. The molecule has 0 aromatic carbocycles. The van der Waals surface area contributed by atoms with Crippen molar-refractivity contribution in [3.63, 3.8) is 0 Å². The quantitative estimate of drug-likeness (QED) is 0.791. The lowest BCUT2D eigenvalue weighted by molar-refractivity contribution is 0.414. The van der Waals surface area contributed by atoms with Crippen LogP contribution < -0.4 is 5.32 Å². The van der Waals surface area contributed by atoms with Crippen LogP contribution in [-0.2, 0) is 7.05 Å². The van der Waals surface area contributed by atoms with Gasteiger partial charge in [-0.3, -0.25) is 4.68 Å². The van der Waals surface area contributed by atoms with Gasteiger partial charge in [0.25, 0.3) is 0 Å². The van der Waals surface area contributed by atoms with Crippen molar-refractivity contribution in [1.29, 1.82) is 0 Å². The maximum atomic E-state index is 4.41. The van der Waals surface area contributed by atoms with Crippen LogP contribution >= 0.6 is 0 Å². The second-order valence-corrected chi connectivity index (χ2v) is 4.56. The first-order chi connectivity index (χ1) is 7.08. The molecule has 2 heterocycles. The number of likely N-dealkylation sites (N-methyl/N-ethyl adjacent to an activating group) is 1. The van der Waals surface area contributed by atoms with Gasteiger partial charge >= 0.3 is 0 Å². The molecule has 84 valence electrons. The third-order valence-electron chi connectivity index (χ3n) is 3.25. The van der Waals surface area contributed by atoms with E-state index in [1.165, 1.54) is 24.3 Å². The molecule has 0 spiro atoms. The summed E-state index contributed by atoms with van der Waals surface area (Å²) in [6.45, 7) is 6.50. The zero-order valence-corrected chi connectivity index (χ0v) is 10.0. The van der Waals surface area contributed by atoms with Crippen molar-refractivity contribution in [3.05, 3.63) is 11.4 Å². The first-order valence-electron chi connectivity index (χ1n) is 5.53. The predicted molar refractivity (Wildman–Crippen MR) is 62.2 cm³/mol. The van der Waals surface area contributed by atoms with Crippen LogP contribution in [0.3, 0.4) is 0 Å². The number of aryl methyl sites for hydroxylation is 2. The van der Waals surface area contributed by atoms with Gasteiger partial charge in [-0.05, 0) is 33.9 Å². The van der Waals surface area contributed by atoms with E-state index in [1.807, 2.05) is 11.7 Å². The minimum Gasteiger partial charge on any atom is -0.378 e. The molecule has 4 nitrogen and oxygen atoms in total. The van der Waals surface area contributed by atoms with Gasteiger partial charge in [-0.15, -0.1) is 0 Å². The highest BCUT2D eigenvalue weighted by atomic mass is 15.3. The van der Waals surface area contributed by atoms with Gasteiger partial charge in [0, 0.05) is 19.6 Å². The lowest BCUT2D eigenvalue weighted by Crippen LogP contribution is -2.24. The molecular weight excluding hydrogens is 188 g/mol. The Morgan fingerprint density at radius 2 is 2.07 bits per heavy atom. The molecule has 0 saturated carbocycles. The largest absolute Gasteiger partial charge is 0.378 e. The third-order valence-corrected chi connectivity index (χ3v) is 3.25. The van der Waals surface area contributed by atoms with Crippen molar-refractivity contribution in [1.82, 2.24) is 14.7 Å². The molecule has 0 amide bonds. The summed E-state index contributed by atoms with van der Waals surface area (Å²) in [6.07, 6.45) is 1.23. The average Bonchev–Trinajstić information content (AvgIpc) is 2.67. The van der Waals surface area contributed by atoms with E-state index in [2.05, 4.69) is 36.2 Å². The molecule has 1 aromatic rings. The Labute approximate surface area is 91.3 Å². The Morgan fingerprint density at radius 1 is 1.33 bits per heavy atom. The van der Waals surface area contributed by atoms with Crippen molar-refractivity contribution in [2.45, 2.75) is 26.3 Å². The van der Waals surface area contributed by atoms with Gasteiger partial charge in [0.15, 0.2) is 0 Å². The molecule has 1 aliphatic rings. The van der Waals surface area contributed by atoms with Gasteiger partial charge < -0.3 is 10.2 Å². The fraction of sp³-hybridized carbons (Fsp3) is 0.727. The van der Waals surface area contributed by atoms with E-state index >= 15 is 0 Å². The van der Waals surface area contributed by atoms with E-state index in [-0.39, 0.29) is 0 Å². The Balaban J connectivity index is 2.10. The van der Waals surface area contributed by atoms with Crippen LogP contribution in [0.2, 0.25) is 0 Å². The smallest absolute Gasteiger partial charge is 0.0827 e. The fourth-order valence-corrected chi connectivity index (χ4v) is 2.24. The highest BCUT2D eigenvalue weighted by Crippen LogP contribution is 2.21. The zero-order chi connectivity index (χ0) is 11.0. The summed E-state index contributed by atoms with van der Waals surface area (Å²) in [5.74, 6) is 0. The Hall–Kier alpha value is -1.03. The predicted octanol–water partition coefficient (Wildman–Crippen LogP) is 1.15. The summed E-state index contributed by atoms with van der Waals surface area (Å²) >= 11 is 0. The van der Waals surface area contributed by atoms with Crippen LogP contribution in [0.4, 0.5) is 5.69 Å². The van der Waals surface area contributed by atoms with Crippen molar-refractivity contribution < 1.29 is 0 Å². The van der Waals surface area contributed by atoms with Crippen LogP contribution in [0.15, 0.2) is 0 Å². The second kappa shape index (κ2) is 3.85. The number of rotatable bonds is 2. The van der Waals surface area contributed by atoms with E-state index in [1.54, 1.807) is 0 Å². The highest BCUT2D eigenvalue weighted by Gasteiger charge is 2.21. The summed E-state index contributed by atoms with van der Waals surface area (Å²) in [6, 6.07) is 0.580. The molecule has 0 bridgehead atoms. The van der Waals surface area contributed by atoms with Gasteiger partial charge in [-0.25, -0.2) is 0 Å². The molecule has 1 atom stereocenters. The number of likely N-dealkylation sites (tertiary alicyclic amines) is 1. The number of nitrogens with one attached hydrogen (secondary N) is 1. The molecule has 15 heavy (non-hydrogen) atoms. The maximum Gasteiger partial charge on any atom is 0.0827 e. The summed E-state index contributed by atoms with van der Waals surface area (Å²) < 4.78 is 1.94. The second-order valence-electron chi connectivity index (χ2n) is 4.56. The Bertz CT molecular complexity index is 356. The molecule has 1 N–H and O–H groups in total. The fourth-order valence-electron chi connectivity index (χ4n) is 2.24. The van der Waals surface area contributed by atoms with Gasteiger partial charge in [-0.2, -0.15) is 5.10 Å². The van der Waals surface area contributed by atoms with E-state index in [9.17, 15) is 0 Å². The molecular formula is C11H20N4. The van der Waals surface area contributed by atoms with Gasteiger partial charge in [0.05, 0.1) is 17.1 Å². The number of nitrogens with zero attached hydrogens (tertiary/aromatic N) is 3. The lowest BCUT2D eigenvalue weighted by Gasteiger charge is -2.14. The highest BCUT2D eigenvalue weighted by molar-refractivity contribution is 5.52. The number of hydrogen-bond acceptors (Lipinski definition) is 3. The van der Waals surface area contributed by atoms with Gasteiger partial charge in [-0.1, -0.05) is 0 Å². The lowest BCUT2D eigenvalue weighted by atomic mass is 10.2. The molecule has 1 aromatic heterocycles. The first kappa shape index (κ1) is 10.5. The maximum absolute atomic E-state index is 4.41. The Morgan fingerprint density at radius 3 is 2.53 bits per heavy atom. The van der Waals surface area contributed by atoms with Crippen LogP contribution in [0.25, 0.3) is 0 Å².